The molecule has 1 aliphatic rings. The Kier molecular flexibility index (Phi) is 5.49. The summed E-state index contributed by atoms with van der Waals surface area (Å²) in [6.45, 7) is 7.87. The van der Waals surface area contributed by atoms with Crippen LogP contribution in [0.25, 0.3) is 0 Å². The van der Waals surface area contributed by atoms with Gasteiger partial charge in [-0.05, 0) is 46.6 Å². The summed E-state index contributed by atoms with van der Waals surface area (Å²) in [5.41, 5.74) is -0.484. The largest absolute Gasteiger partial charge is 0.444 e. The minimum Gasteiger partial charge on any atom is -0.444 e. The molecule has 1 saturated heterocycles. The molecule has 1 aromatic rings. The lowest BCUT2D eigenvalue weighted by Crippen LogP contribution is -2.50. The van der Waals surface area contributed by atoms with E-state index in [1.807, 2.05) is 11.8 Å². The third kappa shape index (κ3) is 5.04. The van der Waals surface area contributed by atoms with Crippen molar-refractivity contribution in [2.24, 2.45) is 0 Å². The lowest BCUT2D eigenvalue weighted by Gasteiger charge is -2.39. The van der Waals surface area contributed by atoms with Crippen molar-refractivity contribution in [3.05, 3.63) is 34.1 Å². The SMILES string of the molecule is CC1CC(NC(=O)OC(C)(C)C)CCN1c1ccc([N+](=O)[O-])cc1F. The van der Waals surface area contributed by atoms with Crippen LogP contribution in [-0.2, 0) is 4.74 Å². The number of nitro groups is 1. The molecule has 1 amide bonds. The first-order chi connectivity index (χ1) is 11.6. The fourth-order valence-corrected chi connectivity index (χ4v) is 2.98. The molecule has 0 spiro atoms. The number of alkyl carbamates (subject to hydrolysis) is 1. The van der Waals surface area contributed by atoms with Crippen molar-refractivity contribution in [2.45, 2.75) is 58.2 Å². The number of ether oxygens (including phenoxy) is 1. The van der Waals surface area contributed by atoms with Gasteiger partial charge in [-0.1, -0.05) is 0 Å². The summed E-state index contributed by atoms with van der Waals surface area (Å²) >= 11 is 0. The molecule has 1 aliphatic heterocycles. The zero-order valence-corrected chi connectivity index (χ0v) is 14.9. The van der Waals surface area contributed by atoms with Crippen LogP contribution in [-0.4, -0.2) is 35.2 Å². The monoisotopic (exact) mass is 353 g/mol. The van der Waals surface area contributed by atoms with Crippen LogP contribution in [0.15, 0.2) is 18.2 Å². The lowest BCUT2D eigenvalue weighted by molar-refractivity contribution is -0.385. The highest BCUT2D eigenvalue weighted by Crippen LogP contribution is 2.29. The number of amides is 1. The normalized spacial score (nSPS) is 20.9. The molecule has 25 heavy (non-hydrogen) atoms. The van der Waals surface area contributed by atoms with E-state index < -0.39 is 22.4 Å². The van der Waals surface area contributed by atoms with Crippen molar-refractivity contribution in [2.75, 3.05) is 11.4 Å². The predicted octanol–water partition coefficient (Wildman–Crippen LogP) is 3.62. The summed E-state index contributed by atoms with van der Waals surface area (Å²) in [6.07, 6.45) is 0.815. The highest BCUT2D eigenvalue weighted by Gasteiger charge is 2.29. The van der Waals surface area contributed by atoms with Crippen LogP contribution in [0.2, 0.25) is 0 Å². The summed E-state index contributed by atoms with van der Waals surface area (Å²) in [4.78, 5) is 23.8. The van der Waals surface area contributed by atoms with E-state index in [-0.39, 0.29) is 17.8 Å². The van der Waals surface area contributed by atoms with Crippen LogP contribution in [0.3, 0.4) is 0 Å². The van der Waals surface area contributed by atoms with Gasteiger partial charge in [0.25, 0.3) is 5.69 Å². The molecule has 2 rings (SSSR count). The summed E-state index contributed by atoms with van der Waals surface area (Å²) in [6, 6.07) is 3.60. The Bertz CT molecular complexity index is 660. The Morgan fingerprint density at radius 2 is 2.12 bits per heavy atom. The Balaban J connectivity index is 2.00. The fourth-order valence-electron chi connectivity index (χ4n) is 2.98. The number of halogens is 1. The van der Waals surface area contributed by atoms with Crippen molar-refractivity contribution in [3.8, 4) is 0 Å². The average Bonchev–Trinajstić information content (AvgIpc) is 2.45. The van der Waals surface area contributed by atoms with Gasteiger partial charge in [0.1, 0.15) is 5.60 Å². The Hall–Kier alpha value is -2.38. The number of hydrogen-bond donors (Lipinski definition) is 1. The molecule has 1 aromatic carbocycles. The first-order valence-corrected chi connectivity index (χ1v) is 8.27. The van der Waals surface area contributed by atoms with Gasteiger partial charge in [0, 0.05) is 24.7 Å². The smallest absolute Gasteiger partial charge is 0.407 e. The van der Waals surface area contributed by atoms with Gasteiger partial charge in [0.05, 0.1) is 16.7 Å². The lowest BCUT2D eigenvalue weighted by atomic mass is 9.97. The van der Waals surface area contributed by atoms with Crippen molar-refractivity contribution in [1.82, 2.24) is 5.32 Å². The summed E-state index contributed by atoms with van der Waals surface area (Å²) in [7, 11) is 0. The molecule has 0 saturated carbocycles. The second-order valence-electron chi connectivity index (χ2n) is 7.30. The number of hydrogen-bond acceptors (Lipinski definition) is 5. The number of carbonyl (C=O) groups is 1. The molecule has 8 heteroatoms. The molecule has 0 radical (unpaired) electrons. The number of piperidine rings is 1. The van der Waals surface area contributed by atoms with Crippen LogP contribution in [0.5, 0.6) is 0 Å². The standard InChI is InChI=1S/C17H24FN3O4/c1-11-9-12(19-16(22)25-17(2,3)4)7-8-20(11)15-6-5-13(21(23)24)10-14(15)18/h5-6,10-12H,7-9H2,1-4H3,(H,19,22). The first kappa shape index (κ1) is 19.0. The van der Waals surface area contributed by atoms with E-state index in [0.717, 1.165) is 6.07 Å². The summed E-state index contributed by atoms with van der Waals surface area (Å²) < 4.78 is 19.5. The minimum absolute atomic E-state index is 0.0235. The average molecular weight is 353 g/mol. The summed E-state index contributed by atoms with van der Waals surface area (Å²) in [5, 5.41) is 13.6. The molecular weight excluding hydrogens is 329 g/mol. The Labute approximate surface area is 146 Å². The molecule has 1 heterocycles. The van der Waals surface area contributed by atoms with Crippen LogP contribution in [0.1, 0.15) is 40.5 Å². The maximum Gasteiger partial charge on any atom is 0.407 e. The van der Waals surface area contributed by atoms with Gasteiger partial charge in [0.15, 0.2) is 5.82 Å². The van der Waals surface area contributed by atoms with E-state index in [9.17, 15) is 19.3 Å². The second-order valence-corrected chi connectivity index (χ2v) is 7.30. The highest BCUT2D eigenvalue weighted by molar-refractivity contribution is 5.68. The number of anilines is 1. The Morgan fingerprint density at radius 3 is 2.64 bits per heavy atom. The van der Waals surface area contributed by atoms with Gasteiger partial charge in [0.2, 0.25) is 0 Å². The van der Waals surface area contributed by atoms with E-state index in [4.69, 9.17) is 4.74 Å². The van der Waals surface area contributed by atoms with Crippen molar-refractivity contribution in [3.63, 3.8) is 0 Å². The van der Waals surface area contributed by atoms with Gasteiger partial charge in [-0.15, -0.1) is 0 Å². The number of carbonyl (C=O) groups excluding carboxylic acids is 1. The molecule has 1 fully saturated rings. The van der Waals surface area contributed by atoms with Gasteiger partial charge >= 0.3 is 6.09 Å². The van der Waals surface area contributed by atoms with Gasteiger partial charge in [-0.2, -0.15) is 0 Å². The fraction of sp³-hybridized carbons (Fsp3) is 0.588. The molecule has 7 nitrogen and oxygen atoms in total. The molecule has 2 atom stereocenters. The molecule has 0 aliphatic carbocycles. The zero-order valence-electron chi connectivity index (χ0n) is 14.9. The number of nitrogens with zero attached hydrogens (tertiary/aromatic N) is 2. The van der Waals surface area contributed by atoms with Gasteiger partial charge in [-0.3, -0.25) is 10.1 Å². The van der Waals surface area contributed by atoms with Gasteiger partial charge < -0.3 is 15.0 Å². The van der Waals surface area contributed by atoms with E-state index in [1.165, 1.54) is 12.1 Å². The quantitative estimate of drug-likeness (QED) is 0.663. The highest BCUT2D eigenvalue weighted by atomic mass is 19.1. The first-order valence-electron chi connectivity index (χ1n) is 8.27. The Morgan fingerprint density at radius 1 is 1.44 bits per heavy atom. The van der Waals surface area contributed by atoms with Crippen LogP contribution in [0, 0.1) is 15.9 Å². The number of rotatable bonds is 3. The van der Waals surface area contributed by atoms with Crippen LogP contribution >= 0.6 is 0 Å². The third-order valence-electron chi connectivity index (χ3n) is 4.05. The van der Waals surface area contributed by atoms with Crippen molar-refractivity contribution in [1.29, 1.82) is 0 Å². The van der Waals surface area contributed by atoms with E-state index in [2.05, 4.69) is 5.32 Å². The maximum atomic E-state index is 14.2. The number of non-ortho nitro benzene ring substituents is 1. The molecule has 138 valence electrons. The second kappa shape index (κ2) is 7.25. The molecule has 2 unspecified atom stereocenters. The van der Waals surface area contributed by atoms with Gasteiger partial charge in [-0.25, -0.2) is 9.18 Å². The molecular formula is C17H24FN3O4. The maximum absolute atomic E-state index is 14.2. The number of nitrogens with one attached hydrogen (secondary N) is 1. The van der Waals surface area contributed by atoms with Crippen LogP contribution in [0.4, 0.5) is 20.6 Å². The van der Waals surface area contributed by atoms with E-state index in [0.29, 0.717) is 25.1 Å². The molecule has 0 bridgehead atoms. The molecule has 1 N–H and O–H groups in total. The third-order valence-corrected chi connectivity index (χ3v) is 4.05. The summed E-state index contributed by atoms with van der Waals surface area (Å²) in [5.74, 6) is -0.611. The van der Waals surface area contributed by atoms with Crippen molar-refractivity contribution < 1.29 is 18.8 Å². The molecule has 0 aromatic heterocycles. The number of nitro benzene ring substituents is 1. The predicted molar refractivity (Wildman–Crippen MR) is 92.3 cm³/mol. The van der Waals surface area contributed by atoms with E-state index >= 15 is 0 Å². The van der Waals surface area contributed by atoms with Crippen molar-refractivity contribution >= 4 is 17.5 Å². The van der Waals surface area contributed by atoms with Crippen LogP contribution < -0.4 is 10.2 Å². The zero-order chi connectivity index (χ0) is 18.8. The van der Waals surface area contributed by atoms with E-state index in [1.54, 1.807) is 20.8 Å². The number of benzene rings is 1. The topological polar surface area (TPSA) is 84.7 Å². The minimum atomic E-state index is -0.618.